The van der Waals surface area contributed by atoms with Crippen LogP contribution in [0.25, 0.3) is 11.1 Å². The number of rotatable bonds is 6. The number of amides is 2. The molecule has 7 heteroatoms. The molecular formula is C28H30N2O5. The number of carboxylic acid groups (broad SMARTS) is 1. The number of likely N-dealkylation sites (tertiary alicyclic amines) is 1. The molecule has 6 rings (SSSR count). The van der Waals surface area contributed by atoms with Gasteiger partial charge in [0.25, 0.3) is 0 Å². The average Bonchev–Trinajstić information content (AvgIpc) is 3.19. The molecular weight excluding hydrogens is 444 g/mol. The number of carbonyl (C=O) groups excluding carboxylic acids is 2. The highest BCUT2D eigenvalue weighted by atomic mass is 16.5. The Kier molecular flexibility index (Phi) is 5.31. The molecule has 1 aliphatic heterocycles. The second-order valence-corrected chi connectivity index (χ2v) is 10.6. The summed E-state index contributed by atoms with van der Waals surface area (Å²) in [5.41, 5.74) is 4.12. The Labute approximate surface area is 204 Å². The van der Waals surface area contributed by atoms with Crippen molar-refractivity contribution in [3.63, 3.8) is 0 Å². The Morgan fingerprint density at radius 1 is 0.943 bits per heavy atom. The van der Waals surface area contributed by atoms with Gasteiger partial charge in [0, 0.05) is 19.0 Å². The van der Waals surface area contributed by atoms with Gasteiger partial charge in [-0.05, 0) is 46.9 Å². The van der Waals surface area contributed by atoms with E-state index in [2.05, 4.69) is 29.6 Å². The molecule has 1 unspecified atom stereocenters. The number of benzene rings is 2. The summed E-state index contributed by atoms with van der Waals surface area (Å²) in [5, 5.41) is 12.3. The Hall–Kier alpha value is -3.35. The van der Waals surface area contributed by atoms with Crippen molar-refractivity contribution in [1.82, 2.24) is 10.2 Å². The lowest BCUT2D eigenvalue weighted by molar-refractivity contribution is -0.141. The molecule has 2 aromatic carbocycles. The molecule has 0 bridgehead atoms. The van der Waals surface area contributed by atoms with Gasteiger partial charge in [-0.1, -0.05) is 61.4 Å². The smallest absolute Gasteiger partial charge is 0.407 e. The lowest BCUT2D eigenvalue weighted by atomic mass is 9.92. The summed E-state index contributed by atoms with van der Waals surface area (Å²) in [4.78, 5) is 39.0. The van der Waals surface area contributed by atoms with Gasteiger partial charge in [-0.2, -0.15) is 0 Å². The monoisotopic (exact) mass is 474 g/mol. The van der Waals surface area contributed by atoms with E-state index in [0.29, 0.717) is 13.1 Å². The van der Waals surface area contributed by atoms with Gasteiger partial charge in [0.1, 0.15) is 6.61 Å². The van der Waals surface area contributed by atoms with E-state index in [4.69, 9.17) is 4.74 Å². The number of hydrogen-bond acceptors (Lipinski definition) is 4. The van der Waals surface area contributed by atoms with Crippen LogP contribution in [-0.2, 0) is 14.3 Å². The number of piperidine rings is 1. The fraction of sp³-hybridized carbons (Fsp3) is 0.464. The number of aliphatic carboxylic acids is 1. The maximum atomic E-state index is 13.1. The zero-order valence-electron chi connectivity index (χ0n) is 19.6. The molecule has 182 valence electrons. The standard InChI is InChI=1S/C28H30N2O5/c31-24(30-14-21-22(15-30)25(21)26(32)33)13-28(11-5-6-12-28)29-27(34)35-16-23-19-9-3-1-7-17(19)18-8-2-4-10-20(18)23/h1-4,7-10,21-23,25H,5-6,11-16H2,(H,29,34)(H,32,33)/t21-,22+,25?. The normalized spacial score (nSPS) is 25.5. The van der Waals surface area contributed by atoms with Gasteiger partial charge in [-0.15, -0.1) is 0 Å². The number of carboxylic acids is 1. The molecule has 1 heterocycles. The van der Waals surface area contributed by atoms with E-state index in [1.165, 1.54) is 22.3 Å². The van der Waals surface area contributed by atoms with Crippen molar-refractivity contribution < 1.29 is 24.2 Å². The maximum Gasteiger partial charge on any atom is 0.407 e. The predicted octanol–water partition coefficient (Wildman–Crippen LogP) is 4.02. The number of alkyl carbamates (subject to hydrolysis) is 1. The van der Waals surface area contributed by atoms with Crippen molar-refractivity contribution in [2.24, 2.45) is 17.8 Å². The summed E-state index contributed by atoms with van der Waals surface area (Å²) in [5.74, 6) is -0.873. The molecule has 3 atom stereocenters. The summed E-state index contributed by atoms with van der Waals surface area (Å²) in [6.45, 7) is 1.28. The van der Waals surface area contributed by atoms with Crippen molar-refractivity contribution in [1.29, 1.82) is 0 Å². The van der Waals surface area contributed by atoms with Gasteiger partial charge in [-0.3, -0.25) is 9.59 Å². The van der Waals surface area contributed by atoms with Crippen molar-refractivity contribution in [3.8, 4) is 11.1 Å². The molecule has 2 N–H and O–H groups in total. The largest absolute Gasteiger partial charge is 0.481 e. The highest BCUT2D eigenvalue weighted by Gasteiger charge is 2.60. The molecule has 0 radical (unpaired) electrons. The summed E-state index contributed by atoms with van der Waals surface area (Å²) >= 11 is 0. The van der Waals surface area contributed by atoms with Crippen LogP contribution in [0.4, 0.5) is 4.79 Å². The first-order valence-corrected chi connectivity index (χ1v) is 12.6. The van der Waals surface area contributed by atoms with Gasteiger partial charge >= 0.3 is 12.1 Å². The second kappa shape index (κ2) is 8.40. The molecule has 1 saturated heterocycles. The van der Waals surface area contributed by atoms with E-state index in [1.54, 1.807) is 4.90 Å². The third-order valence-corrected chi connectivity index (χ3v) is 8.59. The molecule has 2 aromatic rings. The fourth-order valence-electron chi connectivity index (χ4n) is 6.75. The number of nitrogens with one attached hydrogen (secondary N) is 1. The highest BCUT2D eigenvalue weighted by molar-refractivity contribution is 5.82. The van der Waals surface area contributed by atoms with Gasteiger partial charge in [0.2, 0.25) is 5.91 Å². The van der Waals surface area contributed by atoms with Crippen molar-refractivity contribution in [2.45, 2.75) is 43.6 Å². The minimum Gasteiger partial charge on any atom is -0.481 e. The van der Waals surface area contributed by atoms with E-state index >= 15 is 0 Å². The number of hydrogen-bond donors (Lipinski definition) is 2. The molecule has 0 aromatic heterocycles. The van der Waals surface area contributed by atoms with Crippen LogP contribution >= 0.6 is 0 Å². The number of fused-ring (bicyclic) bond motifs is 4. The predicted molar refractivity (Wildman–Crippen MR) is 129 cm³/mol. The Morgan fingerprint density at radius 2 is 1.51 bits per heavy atom. The summed E-state index contributed by atoms with van der Waals surface area (Å²) in [6, 6.07) is 16.5. The van der Waals surface area contributed by atoms with E-state index < -0.39 is 17.6 Å². The Balaban J connectivity index is 1.09. The molecule has 2 saturated carbocycles. The quantitative estimate of drug-likeness (QED) is 0.659. The Bertz CT molecular complexity index is 1130. The van der Waals surface area contributed by atoms with E-state index in [9.17, 15) is 19.5 Å². The molecule has 4 aliphatic rings. The highest BCUT2D eigenvalue weighted by Crippen LogP contribution is 2.52. The first-order chi connectivity index (χ1) is 17.0. The zero-order chi connectivity index (χ0) is 24.2. The Morgan fingerprint density at radius 3 is 2.09 bits per heavy atom. The number of nitrogens with zero attached hydrogens (tertiary/aromatic N) is 1. The maximum absolute atomic E-state index is 13.1. The first-order valence-electron chi connectivity index (χ1n) is 12.6. The molecule has 3 fully saturated rings. The van der Waals surface area contributed by atoms with Crippen LogP contribution in [0, 0.1) is 17.8 Å². The van der Waals surface area contributed by atoms with Gasteiger partial charge in [0.15, 0.2) is 0 Å². The summed E-state index contributed by atoms with van der Waals surface area (Å²) in [7, 11) is 0. The summed E-state index contributed by atoms with van der Waals surface area (Å²) in [6.07, 6.45) is 3.20. The number of ether oxygens (including phenoxy) is 1. The van der Waals surface area contributed by atoms with Crippen molar-refractivity contribution in [2.75, 3.05) is 19.7 Å². The average molecular weight is 475 g/mol. The van der Waals surface area contributed by atoms with E-state index in [-0.39, 0.29) is 42.6 Å². The molecule has 7 nitrogen and oxygen atoms in total. The van der Waals surface area contributed by atoms with E-state index in [1.807, 2.05) is 24.3 Å². The van der Waals surface area contributed by atoms with Crippen LogP contribution in [0.5, 0.6) is 0 Å². The third kappa shape index (κ3) is 3.87. The fourth-order valence-corrected chi connectivity index (χ4v) is 6.75. The molecule has 0 spiro atoms. The van der Waals surface area contributed by atoms with Crippen molar-refractivity contribution >= 4 is 18.0 Å². The van der Waals surface area contributed by atoms with Crippen LogP contribution in [0.15, 0.2) is 48.5 Å². The lowest BCUT2D eigenvalue weighted by Crippen LogP contribution is -2.50. The van der Waals surface area contributed by atoms with Gasteiger partial charge in [0.05, 0.1) is 17.9 Å². The zero-order valence-corrected chi connectivity index (χ0v) is 19.6. The third-order valence-electron chi connectivity index (χ3n) is 8.59. The van der Waals surface area contributed by atoms with Crippen LogP contribution in [0.3, 0.4) is 0 Å². The summed E-state index contributed by atoms with van der Waals surface area (Å²) < 4.78 is 5.76. The molecule has 35 heavy (non-hydrogen) atoms. The minimum atomic E-state index is -0.753. The second-order valence-electron chi connectivity index (χ2n) is 10.6. The van der Waals surface area contributed by atoms with Crippen molar-refractivity contribution in [3.05, 3.63) is 59.7 Å². The first kappa shape index (κ1) is 22.1. The number of carbonyl (C=O) groups is 3. The van der Waals surface area contributed by atoms with Crippen LogP contribution in [0.1, 0.15) is 49.1 Å². The van der Waals surface area contributed by atoms with Crippen LogP contribution in [0.2, 0.25) is 0 Å². The topological polar surface area (TPSA) is 95.9 Å². The molecule has 2 amide bonds. The minimum absolute atomic E-state index is 0.00202. The van der Waals surface area contributed by atoms with Crippen LogP contribution < -0.4 is 5.32 Å². The molecule has 3 aliphatic carbocycles. The SMILES string of the molecule is O=C(NC1(CC(=O)N2C[C@@H]3C(C(=O)O)[C@@H]3C2)CCCC1)OCC1c2ccccc2-c2ccccc21. The lowest BCUT2D eigenvalue weighted by Gasteiger charge is -2.32. The van der Waals surface area contributed by atoms with Gasteiger partial charge in [-0.25, -0.2) is 4.79 Å². The van der Waals surface area contributed by atoms with Gasteiger partial charge < -0.3 is 20.1 Å². The van der Waals surface area contributed by atoms with Crippen LogP contribution in [-0.4, -0.2) is 53.2 Å². The van der Waals surface area contributed by atoms with E-state index in [0.717, 1.165) is 25.7 Å².